The van der Waals surface area contributed by atoms with Gasteiger partial charge in [0.05, 0.1) is 11.4 Å². The van der Waals surface area contributed by atoms with E-state index in [0.29, 0.717) is 25.4 Å². The molecule has 1 amide bonds. The molecule has 3 N–H and O–H groups in total. The van der Waals surface area contributed by atoms with E-state index >= 15 is 0 Å². The average Bonchev–Trinajstić information content (AvgIpc) is 2.69. The van der Waals surface area contributed by atoms with E-state index in [-0.39, 0.29) is 15.6 Å². The maximum absolute atomic E-state index is 12.1. The number of aliphatic hydroxyl groups is 2. The zero-order valence-electron chi connectivity index (χ0n) is 12.7. The quantitative estimate of drug-likeness (QED) is 0.288. The molecule has 5 unspecified atom stereocenters. The third-order valence-electron chi connectivity index (χ3n) is 3.96. The van der Waals surface area contributed by atoms with Crippen LogP contribution in [0.4, 0.5) is 0 Å². The fraction of sp³-hybridized carbons (Fsp3) is 0.800. The number of alkyl halides is 2. The van der Waals surface area contributed by atoms with Gasteiger partial charge in [0.15, 0.2) is 0 Å². The minimum Gasteiger partial charge on any atom is -0.379 e. The summed E-state index contributed by atoms with van der Waals surface area (Å²) in [5, 5.41) is 22.6. The minimum atomic E-state index is -0.797. The summed E-state index contributed by atoms with van der Waals surface area (Å²) in [5.41, 5.74) is 0. The fourth-order valence-electron chi connectivity index (χ4n) is 2.53. The van der Waals surface area contributed by atoms with Crippen molar-refractivity contribution in [3.8, 4) is 12.3 Å². The number of carbonyl (C=O) groups is 1. The van der Waals surface area contributed by atoms with Crippen molar-refractivity contribution in [1.29, 1.82) is 0 Å². The summed E-state index contributed by atoms with van der Waals surface area (Å²) < 4.78 is 0. The van der Waals surface area contributed by atoms with Gasteiger partial charge in [0.2, 0.25) is 5.91 Å². The summed E-state index contributed by atoms with van der Waals surface area (Å²) in [6.45, 7) is 2.96. The number of hydrogen-bond acceptors (Lipinski definition) is 4. The molecule has 1 aliphatic heterocycles. The van der Waals surface area contributed by atoms with Gasteiger partial charge in [0.1, 0.15) is 17.3 Å². The van der Waals surface area contributed by atoms with Gasteiger partial charge < -0.3 is 15.1 Å². The number of amides is 1. The van der Waals surface area contributed by atoms with Crippen molar-refractivity contribution in [3.05, 3.63) is 0 Å². The lowest BCUT2D eigenvalue weighted by molar-refractivity contribution is -0.133. The van der Waals surface area contributed by atoms with Crippen molar-refractivity contribution < 1.29 is 15.0 Å². The lowest BCUT2D eigenvalue weighted by atomic mass is 9.98. The maximum atomic E-state index is 12.1. The van der Waals surface area contributed by atoms with Gasteiger partial charge in [-0.3, -0.25) is 10.1 Å². The van der Waals surface area contributed by atoms with Crippen molar-refractivity contribution in [2.75, 3.05) is 13.1 Å². The van der Waals surface area contributed by atoms with E-state index in [9.17, 15) is 15.0 Å². The first kappa shape index (κ1) is 19.9. The second-order valence-corrected chi connectivity index (χ2v) is 7.60. The molecule has 1 saturated heterocycles. The molecule has 1 rings (SSSR count). The Kier molecular flexibility index (Phi) is 8.95. The molecule has 22 heavy (non-hydrogen) atoms. The Morgan fingerprint density at radius 1 is 1.45 bits per heavy atom. The molecule has 0 radical (unpaired) electrons. The predicted octanol–water partition coefficient (Wildman–Crippen LogP) is 1.41. The number of hydrogen-bond donors (Lipinski definition) is 3. The zero-order valence-corrected chi connectivity index (χ0v) is 15.9. The smallest absolute Gasteiger partial charge is 0.239 e. The highest BCUT2D eigenvalue weighted by Crippen LogP contribution is 2.31. The SMILES string of the molecule is C#CCNC(O)CCCC(CC)CN1C(=O)C(Br)C(Br)C1O. The van der Waals surface area contributed by atoms with Gasteiger partial charge in [0, 0.05) is 6.54 Å². The Morgan fingerprint density at radius 3 is 2.64 bits per heavy atom. The topological polar surface area (TPSA) is 72.8 Å². The van der Waals surface area contributed by atoms with Crippen molar-refractivity contribution in [1.82, 2.24) is 10.2 Å². The van der Waals surface area contributed by atoms with Crippen molar-refractivity contribution in [2.45, 2.75) is 54.7 Å². The molecule has 0 aliphatic carbocycles. The highest BCUT2D eigenvalue weighted by Gasteiger charge is 2.45. The lowest BCUT2D eigenvalue weighted by Crippen LogP contribution is -2.39. The third kappa shape index (κ3) is 5.50. The van der Waals surface area contributed by atoms with E-state index in [4.69, 9.17) is 6.42 Å². The van der Waals surface area contributed by atoms with Crippen LogP contribution in [0.15, 0.2) is 0 Å². The summed E-state index contributed by atoms with van der Waals surface area (Å²) in [7, 11) is 0. The van der Waals surface area contributed by atoms with Crippen LogP contribution in [0.1, 0.15) is 32.6 Å². The number of likely N-dealkylation sites (tertiary alicyclic amines) is 1. The Labute approximate surface area is 149 Å². The summed E-state index contributed by atoms with van der Waals surface area (Å²) >= 11 is 6.64. The largest absolute Gasteiger partial charge is 0.379 e. The minimum absolute atomic E-state index is 0.0800. The van der Waals surface area contributed by atoms with Gasteiger partial charge in [-0.1, -0.05) is 51.1 Å². The number of rotatable bonds is 9. The van der Waals surface area contributed by atoms with E-state index < -0.39 is 12.5 Å². The molecule has 1 aliphatic rings. The normalized spacial score (nSPS) is 27.7. The predicted molar refractivity (Wildman–Crippen MR) is 93.6 cm³/mol. The Hall–Kier alpha value is -0.130. The maximum Gasteiger partial charge on any atom is 0.239 e. The molecule has 0 bridgehead atoms. The molecule has 0 aromatic rings. The highest BCUT2D eigenvalue weighted by molar-refractivity contribution is 9.12. The van der Waals surface area contributed by atoms with Crippen molar-refractivity contribution in [2.24, 2.45) is 5.92 Å². The van der Waals surface area contributed by atoms with E-state index in [0.717, 1.165) is 19.3 Å². The fourth-order valence-corrected chi connectivity index (χ4v) is 3.57. The molecule has 126 valence electrons. The van der Waals surface area contributed by atoms with E-state index in [1.54, 1.807) is 0 Å². The van der Waals surface area contributed by atoms with Crippen LogP contribution in [-0.4, -0.2) is 56.2 Å². The molecule has 0 aromatic heterocycles. The third-order valence-corrected chi connectivity index (χ3v) is 6.64. The standard InChI is InChI=1S/C15H24Br2N2O3/c1-3-8-18-11(20)7-5-6-10(4-2)9-19-14(21)12(16)13(17)15(19)22/h1,10-14,18,20-21H,4-9H2,2H3. The zero-order chi connectivity index (χ0) is 16.7. The number of halogens is 2. The van der Waals surface area contributed by atoms with Crippen LogP contribution in [0.2, 0.25) is 0 Å². The van der Waals surface area contributed by atoms with Crippen LogP contribution in [0, 0.1) is 18.3 Å². The first-order valence-electron chi connectivity index (χ1n) is 7.53. The summed E-state index contributed by atoms with van der Waals surface area (Å²) in [6, 6.07) is 0. The number of nitrogens with zero attached hydrogens (tertiary/aromatic N) is 1. The summed E-state index contributed by atoms with van der Waals surface area (Å²) in [4.78, 5) is 13.0. The summed E-state index contributed by atoms with van der Waals surface area (Å²) in [6.07, 6.45) is 7.01. The Morgan fingerprint density at radius 2 is 2.14 bits per heavy atom. The molecule has 1 heterocycles. The molecule has 0 saturated carbocycles. The van der Waals surface area contributed by atoms with Gasteiger partial charge in [-0.2, -0.15) is 0 Å². The molecule has 0 spiro atoms. The highest BCUT2D eigenvalue weighted by atomic mass is 79.9. The van der Waals surface area contributed by atoms with E-state index in [2.05, 4.69) is 50.0 Å². The molecule has 0 aromatic carbocycles. The monoisotopic (exact) mass is 438 g/mol. The molecule has 7 heteroatoms. The van der Waals surface area contributed by atoms with Crippen molar-refractivity contribution >= 4 is 37.8 Å². The van der Waals surface area contributed by atoms with Crippen LogP contribution in [-0.2, 0) is 4.79 Å². The Balaban J connectivity index is 2.39. The van der Waals surface area contributed by atoms with Crippen LogP contribution in [0.25, 0.3) is 0 Å². The molecular formula is C15H24Br2N2O3. The average molecular weight is 440 g/mol. The van der Waals surface area contributed by atoms with Gasteiger partial charge in [-0.15, -0.1) is 6.42 Å². The number of nitrogens with one attached hydrogen (secondary N) is 1. The molecule has 5 nitrogen and oxygen atoms in total. The van der Waals surface area contributed by atoms with E-state index in [1.165, 1.54) is 4.90 Å². The van der Waals surface area contributed by atoms with Gasteiger partial charge in [-0.05, 0) is 25.2 Å². The molecule has 5 atom stereocenters. The van der Waals surface area contributed by atoms with Crippen LogP contribution >= 0.6 is 31.9 Å². The number of terminal acetylenes is 1. The van der Waals surface area contributed by atoms with Crippen LogP contribution in [0.3, 0.4) is 0 Å². The van der Waals surface area contributed by atoms with E-state index in [1.807, 2.05) is 0 Å². The van der Waals surface area contributed by atoms with Gasteiger partial charge in [0.25, 0.3) is 0 Å². The van der Waals surface area contributed by atoms with Crippen LogP contribution in [0.5, 0.6) is 0 Å². The number of carbonyl (C=O) groups excluding carboxylic acids is 1. The van der Waals surface area contributed by atoms with Gasteiger partial charge >= 0.3 is 0 Å². The Bertz CT molecular complexity index is 403. The second-order valence-electron chi connectivity index (χ2n) is 5.56. The van der Waals surface area contributed by atoms with Crippen LogP contribution < -0.4 is 5.32 Å². The molecular weight excluding hydrogens is 416 g/mol. The lowest BCUT2D eigenvalue weighted by Gasteiger charge is -2.26. The van der Waals surface area contributed by atoms with Gasteiger partial charge in [-0.25, -0.2) is 0 Å². The number of aliphatic hydroxyl groups excluding tert-OH is 2. The van der Waals surface area contributed by atoms with Crippen molar-refractivity contribution in [3.63, 3.8) is 0 Å². The summed E-state index contributed by atoms with van der Waals surface area (Å²) in [5.74, 6) is 2.64. The first-order chi connectivity index (χ1) is 10.4. The second kappa shape index (κ2) is 9.89. The molecule has 1 fully saturated rings. The first-order valence-corrected chi connectivity index (χ1v) is 9.37.